The summed E-state index contributed by atoms with van der Waals surface area (Å²) in [5.74, 6) is -2.70. The third kappa shape index (κ3) is 4.78. The molecule has 2 saturated heterocycles. The summed E-state index contributed by atoms with van der Waals surface area (Å²) in [6, 6.07) is 2.68. The average Bonchev–Trinajstić information content (AvgIpc) is 2.68. The van der Waals surface area contributed by atoms with E-state index in [1.165, 1.54) is 25.0 Å². The minimum atomic E-state index is -0.952. The number of imide groups is 1. The summed E-state index contributed by atoms with van der Waals surface area (Å²) in [6.07, 6.45) is 5.81. The first-order valence-corrected chi connectivity index (χ1v) is 10.8. The van der Waals surface area contributed by atoms with Crippen molar-refractivity contribution in [1.29, 1.82) is 0 Å². The highest BCUT2D eigenvalue weighted by atomic mass is 19.1. The van der Waals surface area contributed by atoms with Crippen LogP contribution in [0.5, 0.6) is 0 Å². The maximum absolute atomic E-state index is 14.8. The second-order valence-corrected chi connectivity index (χ2v) is 9.10. The molecule has 1 atom stereocenters. The quantitative estimate of drug-likeness (QED) is 0.683. The zero-order valence-corrected chi connectivity index (χ0v) is 17.7. The second kappa shape index (κ2) is 8.80. The lowest BCUT2D eigenvalue weighted by Crippen LogP contribution is -2.41. The standard InChI is InChI=1S/C23H32F2N2O2/c1-4-23(8-7-15(2)3)9-11-27(12-10-23)16-13-18(24)21(19(25)14-16)17-5-6-20(28)26-22(17)29/h13-15,17H,4-12H2,1-3H3,(H,26,28,29). The number of nitrogens with zero attached hydrogens (tertiary/aromatic N) is 1. The van der Waals surface area contributed by atoms with Gasteiger partial charge in [0.15, 0.2) is 0 Å². The van der Waals surface area contributed by atoms with Crippen LogP contribution in [0.2, 0.25) is 0 Å². The number of anilines is 1. The average molecular weight is 407 g/mol. The van der Waals surface area contributed by atoms with Crippen molar-refractivity contribution in [2.75, 3.05) is 18.0 Å². The van der Waals surface area contributed by atoms with Crippen LogP contribution in [0.25, 0.3) is 0 Å². The molecule has 1 unspecified atom stereocenters. The van der Waals surface area contributed by atoms with E-state index < -0.39 is 29.4 Å². The number of halogens is 2. The van der Waals surface area contributed by atoms with Gasteiger partial charge in [-0.25, -0.2) is 8.78 Å². The molecule has 0 spiro atoms. The summed E-state index contributed by atoms with van der Waals surface area (Å²) >= 11 is 0. The zero-order valence-electron chi connectivity index (χ0n) is 17.7. The van der Waals surface area contributed by atoms with E-state index in [1.54, 1.807) is 0 Å². The third-order valence-corrected chi connectivity index (χ3v) is 6.84. The fraction of sp³-hybridized carbons (Fsp3) is 0.652. The van der Waals surface area contributed by atoms with Gasteiger partial charge in [0, 0.05) is 30.8 Å². The van der Waals surface area contributed by atoms with Gasteiger partial charge in [0.05, 0.1) is 5.92 Å². The Balaban J connectivity index is 1.73. The number of benzene rings is 1. The molecule has 0 bridgehead atoms. The van der Waals surface area contributed by atoms with Crippen LogP contribution < -0.4 is 10.2 Å². The number of carbonyl (C=O) groups excluding carboxylic acids is 2. The summed E-state index contributed by atoms with van der Waals surface area (Å²) < 4.78 is 29.6. The molecule has 2 aliphatic rings. The number of piperidine rings is 2. The van der Waals surface area contributed by atoms with E-state index >= 15 is 0 Å². The number of amides is 2. The molecule has 2 heterocycles. The molecule has 4 nitrogen and oxygen atoms in total. The molecule has 2 amide bonds. The summed E-state index contributed by atoms with van der Waals surface area (Å²) in [4.78, 5) is 25.4. The fourth-order valence-electron chi connectivity index (χ4n) is 4.67. The van der Waals surface area contributed by atoms with E-state index in [0.717, 1.165) is 32.4 Å². The van der Waals surface area contributed by atoms with Gasteiger partial charge >= 0.3 is 0 Å². The first kappa shape index (κ1) is 21.7. The van der Waals surface area contributed by atoms with E-state index in [-0.39, 0.29) is 18.4 Å². The highest BCUT2D eigenvalue weighted by Crippen LogP contribution is 2.42. The van der Waals surface area contributed by atoms with E-state index in [0.29, 0.717) is 17.0 Å². The van der Waals surface area contributed by atoms with Crippen LogP contribution in [0.4, 0.5) is 14.5 Å². The van der Waals surface area contributed by atoms with Crippen molar-refractivity contribution < 1.29 is 18.4 Å². The van der Waals surface area contributed by atoms with Gasteiger partial charge < -0.3 is 4.90 Å². The molecule has 29 heavy (non-hydrogen) atoms. The van der Waals surface area contributed by atoms with Crippen LogP contribution in [0, 0.1) is 23.0 Å². The van der Waals surface area contributed by atoms with Crippen molar-refractivity contribution in [3.8, 4) is 0 Å². The van der Waals surface area contributed by atoms with E-state index in [4.69, 9.17) is 0 Å². The molecule has 0 aromatic heterocycles. The predicted octanol–water partition coefficient (Wildman–Crippen LogP) is 4.92. The summed E-state index contributed by atoms with van der Waals surface area (Å²) in [5.41, 5.74) is 0.630. The topological polar surface area (TPSA) is 49.4 Å². The van der Waals surface area contributed by atoms with Gasteiger partial charge in [-0.05, 0) is 49.1 Å². The molecular formula is C23H32F2N2O2. The zero-order chi connectivity index (χ0) is 21.2. The molecular weight excluding hydrogens is 374 g/mol. The van der Waals surface area contributed by atoms with Crippen LogP contribution in [0.3, 0.4) is 0 Å². The molecule has 0 aliphatic carbocycles. The van der Waals surface area contributed by atoms with Crippen LogP contribution in [-0.4, -0.2) is 24.9 Å². The van der Waals surface area contributed by atoms with Crippen LogP contribution in [-0.2, 0) is 9.59 Å². The SMILES string of the molecule is CCC1(CCC(C)C)CCN(c2cc(F)c(C3CCC(=O)NC3=O)c(F)c2)CC1. The van der Waals surface area contributed by atoms with Crippen LogP contribution in [0.1, 0.15) is 77.2 Å². The van der Waals surface area contributed by atoms with E-state index in [1.807, 2.05) is 4.90 Å². The Hall–Kier alpha value is -1.98. The monoisotopic (exact) mass is 406 g/mol. The van der Waals surface area contributed by atoms with Gasteiger partial charge in [-0.3, -0.25) is 14.9 Å². The molecule has 1 aromatic carbocycles. The fourth-order valence-corrected chi connectivity index (χ4v) is 4.67. The molecule has 1 N–H and O–H groups in total. The van der Waals surface area contributed by atoms with Gasteiger partial charge in [-0.15, -0.1) is 0 Å². The van der Waals surface area contributed by atoms with Gasteiger partial charge in [0.2, 0.25) is 11.8 Å². The first-order chi connectivity index (χ1) is 13.7. The lowest BCUT2D eigenvalue weighted by atomic mass is 9.72. The Bertz CT molecular complexity index is 747. The van der Waals surface area contributed by atoms with Gasteiger partial charge in [-0.1, -0.05) is 33.6 Å². The van der Waals surface area contributed by atoms with Crippen molar-refractivity contribution in [2.24, 2.45) is 11.3 Å². The van der Waals surface area contributed by atoms with E-state index in [9.17, 15) is 18.4 Å². The highest BCUT2D eigenvalue weighted by molar-refractivity contribution is 6.01. The van der Waals surface area contributed by atoms with Crippen molar-refractivity contribution in [3.63, 3.8) is 0 Å². The van der Waals surface area contributed by atoms with E-state index in [2.05, 4.69) is 26.1 Å². The van der Waals surface area contributed by atoms with Gasteiger partial charge in [0.25, 0.3) is 0 Å². The molecule has 2 fully saturated rings. The van der Waals surface area contributed by atoms with Gasteiger partial charge in [-0.2, -0.15) is 0 Å². The molecule has 1 aromatic rings. The molecule has 6 heteroatoms. The van der Waals surface area contributed by atoms with Crippen LogP contribution in [0.15, 0.2) is 12.1 Å². The molecule has 0 radical (unpaired) electrons. The van der Waals surface area contributed by atoms with Crippen molar-refractivity contribution in [3.05, 3.63) is 29.3 Å². The number of hydrogen-bond acceptors (Lipinski definition) is 3. The predicted molar refractivity (Wildman–Crippen MR) is 110 cm³/mol. The normalized spacial score (nSPS) is 22.1. The number of hydrogen-bond donors (Lipinski definition) is 1. The van der Waals surface area contributed by atoms with Crippen molar-refractivity contribution >= 4 is 17.5 Å². The van der Waals surface area contributed by atoms with Crippen molar-refractivity contribution in [1.82, 2.24) is 5.32 Å². The number of rotatable bonds is 6. The Morgan fingerprint density at radius 1 is 1.17 bits per heavy atom. The lowest BCUT2D eigenvalue weighted by molar-refractivity contribution is -0.134. The molecule has 0 saturated carbocycles. The Morgan fingerprint density at radius 3 is 2.31 bits per heavy atom. The second-order valence-electron chi connectivity index (χ2n) is 9.10. The third-order valence-electron chi connectivity index (χ3n) is 6.84. The Labute approximate surface area is 172 Å². The number of carbonyl (C=O) groups is 2. The Morgan fingerprint density at radius 2 is 1.79 bits per heavy atom. The summed E-state index contributed by atoms with van der Waals surface area (Å²) in [5, 5.41) is 2.17. The Kier molecular flexibility index (Phi) is 6.59. The number of nitrogens with one attached hydrogen (secondary N) is 1. The summed E-state index contributed by atoms with van der Waals surface area (Å²) in [7, 11) is 0. The molecule has 3 rings (SSSR count). The minimum absolute atomic E-state index is 0.0959. The molecule has 2 aliphatic heterocycles. The largest absolute Gasteiger partial charge is 0.371 e. The maximum atomic E-state index is 14.8. The van der Waals surface area contributed by atoms with Crippen LogP contribution >= 0.6 is 0 Å². The molecule has 160 valence electrons. The maximum Gasteiger partial charge on any atom is 0.234 e. The smallest absolute Gasteiger partial charge is 0.234 e. The van der Waals surface area contributed by atoms with Crippen molar-refractivity contribution in [2.45, 2.75) is 71.6 Å². The first-order valence-electron chi connectivity index (χ1n) is 10.8. The summed E-state index contributed by atoms with van der Waals surface area (Å²) in [6.45, 7) is 8.29. The minimum Gasteiger partial charge on any atom is -0.371 e. The van der Waals surface area contributed by atoms with Gasteiger partial charge in [0.1, 0.15) is 11.6 Å². The lowest BCUT2D eigenvalue weighted by Gasteiger charge is -2.43. The highest BCUT2D eigenvalue weighted by Gasteiger charge is 2.35.